The molecule has 1 aliphatic rings. The lowest BCUT2D eigenvalue weighted by Crippen LogP contribution is -2.44. The highest BCUT2D eigenvalue weighted by Gasteiger charge is 2.22. The zero-order valence-electron chi connectivity index (χ0n) is 8.60. The Morgan fingerprint density at radius 2 is 2.31 bits per heavy atom. The summed E-state index contributed by atoms with van der Waals surface area (Å²) in [6.07, 6.45) is 4.60. The van der Waals surface area contributed by atoms with Gasteiger partial charge < -0.3 is 10.6 Å². The van der Waals surface area contributed by atoms with Crippen molar-refractivity contribution >= 4 is 11.7 Å². The standard InChI is InChI=1S/C10H11N5O/c11-6-8-9(13-5-4-12-8)15-7-2-1-3-14-10(7)16/h4-5,7H,1-3H2,(H,13,15)(H,14,16). The molecule has 0 radical (unpaired) electrons. The number of hydrogen-bond acceptors (Lipinski definition) is 5. The van der Waals surface area contributed by atoms with Crippen LogP contribution in [0.15, 0.2) is 12.4 Å². The van der Waals surface area contributed by atoms with Gasteiger partial charge in [-0.2, -0.15) is 5.26 Å². The van der Waals surface area contributed by atoms with E-state index in [4.69, 9.17) is 5.26 Å². The molecule has 82 valence electrons. The Labute approximate surface area is 92.7 Å². The van der Waals surface area contributed by atoms with Crippen LogP contribution in [0.1, 0.15) is 18.5 Å². The summed E-state index contributed by atoms with van der Waals surface area (Å²) in [5.74, 6) is 0.313. The molecule has 2 rings (SSSR count). The van der Waals surface area contributed by atoms with Crippen LogP contribution in [-0.4, -0.2) is 28.5 Å². The van der Waals surface area contributed by atoms with Crippen molar-refractivity contribution in [3.8, 4) is 6.07 Å². The molecule has 0 spiro atoms. The minimum Gasteiger partial charge on any atom is -0.356 e. The molecular formula is C10H11N5O. The fourth-order valence-corrected chi connectivity index (χ4v) is 1.60. The number of anilines is 1. The first-order valence-electron chi connectivity index (χ1n) is 5.06. The van der Waals surface area contributed by atoms with Crippen LogP contribution >= 0.6 is 0 Å². The number of hydrogen-bond donors (Lipinski definition) is 2. The predicted molar refractivity (Wildman–Crippen MR) is 56.4 cm³/mol. The Kier molecular flexibility index (Phi) is 2.96. The number of nitrogens with zero attached hydrogens (tertiary/aromatic N) is 3. The van der Waals surface area contributed by atoms with Crippen LogP contribution in [-0.2, 0) is 4.79 Å². The van der Waals surface area contributed by atoms with E-state index in [1.165, 1.54) is 12.4 Å². The van der Waals surface area contributed by atoms with Crippen molar-refractivity contribution < 1.29 is 4.79 Å². The second-order valence-corrected chi connectivity index (χ2v) is 3.50. The molecular weight excluding hydrogens is 206 g/mol. The van der Waals surface area contributed by atoms with E-state index in [1.54, 1.807) is 0 Å². The molecule has 0 aromatic carbocycles. The summed E-state index contributed by atoms with van der Waals surface area (Å²) >= 11 is 0. The van der Waals surface area contributed by atoms with Crippen molar-refractivity contribution in [3.63, 3.8) is 0 Å². The number of nitrogens with one attached hydrogen (secondary N) is 2. The molecule has 1 saturated heterocycles. The quantitative estimate of drug-likeness (QED) is 0.729. The monoisotopic (exact) mass is 217 g/mol. The molecule has 2 heterocycles. The highest BCUT2D eigenvalue weighted by molar-refractivity contribution is 5.85. The third-order valence-corrected chi connectivity index (χ3v) is 2.40. The normalized spacial score (nSPS) is 19.7. The topological polar surface area (TPSA) is 90.7 Å². The van der Waals surface area contributed by atoms with Crippen LogP contribution in [0.3, 0.4) is 0 Å². The van der Waals surface area contributed by atoms with Gasteiger partial charge in [-0.05, 0) is 12.8 Å². The average molecular weight is 217 g/mol. The van der Waals surface area contributed by atoms with E-state index >= 15 is 0 Å². The molecule has 6 nitrogen and oxygen atoms in total. The molecule has 1 aromatic rings. The van der Waals surface area contributed by atoms with E-state index < -0.39 is 0 Å². The lowest BCUT2D eigenvalue weighted by molar-refractivity contribution is -0.123. The van der Waals surface area contributed by atoms with Gasteiger partial charge in [0.2, 0.25) is 5.91 Å². The van der Waals surface area contributed by atoms with Gasteiger partial charge in [-0.1, -0.05) is 0 Å². The second-order valence-electron chi connectivity index (χ2n) is 3.50. The van der Waals surface area contributed by atoms with Crippen LogP contribution in [0.2, 0.25) is 0 Å². The molecule has 1 amide bonds. The highest BCUT2D eigenvalue weighted by atomic mass is 16.2. The third-order valence-electron chi connectivity index (χ3n) is 2.40. The van der Waals surface area contributed by atoms with Crippen LogP contribution < -0.4 is 10.6 Å². The zero-order chi connectivity index (χ0) is 11.4. The highest BCUT2D eigenvalue weighted by Crippen LogP contribution is 2.12. The maximum atomic E-state index is 11.5. The number of carbonyl (C=O) groups excluding carboxylic acids is 1. The second kappa shape index (κ2) is 4.57. The smallest absolute Gasteiger partial charge is 0.242 e. The Morgan fingerprint density at radius 3 is 3.06 bits per heavy atom. The molecule has 1 aliphatic heterocycles. The van der Waals surface area contributed by atoms with E-state index in [9.17, 15) is 4.79 Å². The summed E-state index contributed by atoms with van der Waals surface area (Å²) in [5.41, 5.74) is 0.209. The van der Waals surface area contributed by atoms with E-state index in [1.807, 2.05) is 6.07 Å². The summed E-state index contributed by atoms with van der Waals surface area (Å²) in [4.78, 5) is 19.4. The van der Waals surface area contributed by atoms with Crippen molar-refractivity contribution in [2.75, 3.05) is 11.9 Å². The van der Waals surface area contributed by atoms with Gasteiger partial charge in [-0.3, -0.25) is 4.79 Å². The van der Waals surface area contributed by atoms with Gasteiger partial charge in [0.05, 0.1) is 0 Å². The summed E-state index contributed by atoms with van der Waals surface area (Å²) < 4.78 is 0. The van der Waals surface area contributed by atoms with Crippen molar-refractivity contribution in [2.45, 2.75) is 18.9 Å². The van der Waals surface area contributed by atoms with Crippen LogP contribution in [0.5, 0.6) is 0 Å². The molecule has 1 unspecified atom stereocenters. The SMILES string of the molecule is N#Cc1nccnc1NC1CCCNC1=O. The Bertz CT molecular complexity index is 439. The lowest BCUT2D eigenvalue weighted by atomic mass is 10.1. The molecule has 0 saturated carbocycles. The molecule has 0 bridgehead atoms. The van der Waals surface area contributed by atoms with E-state index in [0.29, 0.717) is 12.4 Å². The molecule has 1 atom stereocenters. The van der Waals surface area contributed by atoms with Crippen molar-refractivity contribution in [2.24, 2.45) is 0 Å². The fourth-order valence-electron chi connectivity index (χ4n) is 1.60. The Balaban J connectivity index is 2.14. The summed E-state index contributed by atoms with van der Waals surface area (Å²) in [6, 6.07) is 1.61. The molecule has 0 aliphatic carbocycles. The van der Waals surface area contributed by atoms with Crippen molar-refractivity contribution in [1.29, 1.82) is 5.26 Å². The molecule has 16 heavy (non-hydrogen) atoms. The predicted octanol–water partition coefficient (Wildman–Crippen LogP) is 0.0388. The summed E-state index contributed by atoms with van der Waals surface area (Å²) in [7, 11) is 0. The third kappa shape index (κ3) is 2.08. The first-order chi connectivity index (χ1) is 7.81. The molecule has 1 aromatic heterocycles. The van der Waals surface area contributed by atoms with E-state index in [-0.39, 0.29) is 17.6 Å². The van der Waals surface area contributed by atoms with Crippen LogP contribution in [0, 0.1) is 11.3 Å². The molecule has 2 N–H and O–H groups in total. The number of rotatable bonds is 2. The lowest BCUT2D eigenvalue weighted by Gasteiger charge is -2.23. The fraction of sp³-hybridized carbons (Fsp3) is 0.400. The minimum absolute atomic E-state index is 0.0548. The molecule has 6 heteroatoms. The first-order valence-corrected chi connectivity index (χ1v) is 5.06. The number of aromatic nitrogens is 2. The number of amides is 1. The van der Waals surface area contributed by atoms with Crippen LogP contribution in [0.25, 0.3) is 0 Å². The zero-order valence-corrected chi connectivity index (χ0v) is 8.60. The van der Waals surface area contributed by atoms with Gasteiger partial charge in [-0.15, -0.1) is 0 Å². The summed E-state index contributed by atoms with van der Waals surface area (Å²) in [5, 5.41) is 14.5. The van der Waals surface area contributed by atoms with Crippen LogP contribution in [0.4, 0.5) is 5.82 Å². The van der Waals surface area contributed by atoms with E-state index in [2.05, 4.69) is 20.6 Å². The maximum Gasteiger partial charge on any atom is 0.242 e. The Hall–Kier alpha value is -2.16. The average Bonchev–Trinajstić information content (AvgIpc) is 2.33. The summed E-state index contributed by atoms with van der Waals surface area (Å²) in [6.45, 7) is 0.711. The maximum absolute atomic E-state index is 11.5. The van der Waals surface area contributed by atoms with Crippen molar-refractivity contribution in [1.82, 2.24) is 15.3 Å². The largest absolute Gasteiger partial charge is 0.356 e. The first kappa shape index (κ1) is 10.4. The van der Waals surface area contributed by atoms with Gasteiger partial charge in [0.1, 0.15) is 12.1 Å². The van der Waals surface area contributed by atoms with Gasteiger partial charge in [-0.25, -0.2) is 9.97 Å². The number of nitriles is 1. The van der Waals surface area contributed by atoms with Crippen molar-refractivity contribution in [3.05, 3.63) is 18.1 Å². The van der Waals surface area contributed by atoms with Gasteiger partial charge >= 0.3 is 0 Å². The number of piperidine rings is 1. The van der Waals surface area contributed by atoms with Gasteiger partial charge in [0.15, 0.2) is 11.5 Å². The number of carbonyl (C=O) groups is 1. The van der Waals surface area contributed by atoms with Gasteiger partial charge in [0.25, 0.3) is 0 Å². The minimum atomic E-state index is -0.322. The van der Waals surface area contributed by atoms with Gasteiger partial charge in [0, 0.05) is 18.9 Å². The Morgan fingerprint density at radius 1 is 1.50 bits per heavy atom. The van der Waals surface area contributed by atoms with E-state index in [0.717, 1.165) is 12.8 Å². The molecule has 1 fully saturated rings.